The molecule has 32 heavy (non-hydrogen) atoms. The van der Waals surface area contributed by atoms with Crippen molar-refractivity contribution in [3.63, 3.8) is 0 Å². The van der Waals surface area contributed by atoms with Crippen molar-refractivity contribution in [3.05, 3.63) is 55.0 Å². The summed E-state index contributed by atoms with van der Waals surface area (Å²) in [5.74, 6) is 2.22. The Labute approximate surface area is 194 Å². The lowest BCUT2D eigenvalue weighted by molar-refractivity contribution is 0.373. The molecule has 166 valence electrons. The maximum Gasteiger partial charge on any atom is 0.286 e. The van der Waals surface area contributed by atoms with Gasteiger partial charge in [0, 0.05) is 30.7 Å². The fourth-order valence-electron chi connectivity index (χ4n) is 3.72. The third kappa shape index (κ3) is 3.99. The van der Waals surface area contributed by atoms with Crippen LogP contribution in [0.25, 0.3) is 16.9 Å². The number of thiophene rings is 1. The summed E-state index contributed by atoms with van der Waals surface area (Å²) in [6.07, 6.45) is 4.71. The van der Waals surface area contributed by atoms with E-state index in [1.54, 1.807) is 15.7 Å². The second kappa shape index (κ2) is 8.94. The predicted molar refractivity (Wildman–Crippen MR) is 123 cm³/mol. The summed E-state index contributed by atoms with van der Waals surface area (Å²) >= 11 is 5.01. The second-order valence-corrected chi connectivity index (χ2v) is 9.29. The van der Waals surface area contributed by atoms with Crippen LogP contribution in [0.2, 0.25) is 0 Å². The van der Waals surface area contributed by atoms with E-state index >= 15 is 0 Å². The van der Waals surface area contributed by atoms with Gasteiger partial charge >= 0.3 is 0 Å². The highest BCUT2D eigenvalue weighted by Gasteiger charge is 2.20. The first-order valence-corrected chi connectivity index (χ1v) is 12.2. The number of unbranched alkanes of at least 4 members (excludes halogenated alkanes) is 2. The normalized spacial score (nSPS) is 11.8. The highest BCUT2D eigenvalue weighted by atomic mass is 79.9. The highest BCUT2D eigenvalue weighted by molar-refractivity contribution is 9.10. The SMILES string of the molecule is CCCCCn1c2nc(Br)[nH]c2c(=O)n2c(CCc3nc(Cc4cccs4)no3)nnc12. The molecule has 0 aliphatic carbocycles. The fourth-order valence-corrected chi connectivity index (χ4v) is 4.78. The van der Waals surface area contributed by atoms with E-state index in [2.05, 4.69) is 53.2 Å². The predicted octanol–water partition coefficient (Wildman–Crippen LogP) is 3.54. The fraction of sp³-hybridized carbons (Fsp3) is 0.400. The molecule has 0 saturated carbocycles. The zero-order valence-electron chi connectivity index (χ0n) is 17.4. The van der Waals surface area contributed by atoms with Crippen molar-refractivity contribution in [2.75, 3.05) is 0 Å². The lowest BCUT2D eigenvalue weighted by Gasteiger charge is -2.09. The van der Waals surface area contributed by atoms with Crippen molar-refractivity contribution < 1.29 is 4.52 Å². The molecule has 0 fully saturated rings. The van der Waals surface area contributed by atoms with Crippen molar-refractivity contribution in [1.82, 2.24) is 39.3 Å². The molecule has 0 amide bonds. The van der Waals surface area contributed by atoms with Gasteiger partial charge in [-0.15, -0.1) is 21.5 Å². The lowest BCUT2D eigenvalue weighted by Crippen LogP contribution is -2.21. The molecule has 0 aliphatic heterocycles. The van der Waals surface area contributed by atoms with Crippen molar-refractivity contribution in [2.24, 2.45) is 0 Å². The molecule has 0 aromatic carbocycles. The van der Waals surface area contributed by atoms with E-state index in [1.807, 2.05) is 22.1 Å². The van der Waals surface area contributed by atoms with Gasteiger partial charge < -0.3 is 9.51 Å². The van der Waals surface area contributed by atoms with Crippen molar-refractivity contribution in [2.45, 2.75) is 52.0 Å². The summed E-state index contributed by atoms with van der Waals surface area (Å²) in [7, 11) is 0. The van der Waals surface area contributed by atoms with Crippen molar-refractivity contribution in [1.29, 1.82) is 0 Å². The van der Waals surface area contributed by atoms with Crippen LogP contribution in [0.1, 0.15) is 48.6 Å². The number of nitrogens with zero attached hydrogens (tertiary/aromatic N) is 7. The van der Waals surface area contributed by atoms with Gasteiger partial charge in [-0.2, -0.15) is 4.98 Å². The molecule has 1 N–H and O–H groups in total. The topological polar surface area (TPSA) is 120 Å². The Hall–Kier alpha value is -2.86. The second-order valence-electron chi connectivity index (χ2n) is 7.50. The highest BCUT2D eigenvalue weighted by Crippen LogP contribution is 2.17. The molecule has 5 rings (SSSR count). The number of aromatic nitrogens is 8. The molecular formula is C20H21BrN8O2S. The Bertz CT molecular complexity index is 1420. The molecule has 5 aromatic heterocycles. The summed E-state index contributed by atoms with van der Waals surface area (Å²) in [6, 6.07) is 4.05. The number of fused-ring (bicyclic) bond motifs is 2. The molecule has 5 heterocycles. The monoisotopic (exact) mass is 516 g/mol. The Morgan fingerprint density at radius 1 is 1.22 bits per heavy atom. The summed E-state index contributed by atoms with van der Waals surface area (Å²) < 4.78 is 9.42. The van der Waals surface area contributed by atoms with E-state index in [-0.39, 0.29) is 5.56 Å². The van der Waals surface area contributed by atoms with Crippen LogP contribution >= 0.6 is 27.3 Å². The zero-order chi connectivity index (χ0) is 22.1. The van der Waals surface area contributed by atoms with Crippen LogP contribution in [0.5, 0.6) is 0 Å². The van der Waals surface area contributed by atoms with E-state index in [0.717, 1.165) is 19.3 Å². The smallest absolute Gasteiger partial charge is 0.286 e. The van der Waals surface area contributed by atoms with E-state index in [0.29, 0.717) is 65.0 Å². The minimum atomic E-state index is -0.219. The van der Waals surface area contributed by atoms with Crippen LogP contribution in [-0.2, 0) is 25.8 Å². The van der Waals surface area contributed by atoms with Crippen LogP contribution in [0.3, 0.4) is 0 Å². The molecule has 0 unspecified atom stereocenters. The zero-order valence-corrected chi connectivity index (χ0v) is 19.8. The molecule has 0 saturated heterocycles. The van der Waals surface area contributed by atoms with Crippen LogP contribution in [0.4, 0.5) is 0 Å². The van der Waals surface area contributed by atoms with Gasteiger partial charge in [-0.1, -0.05) is 31.0 Å². The number of aromatic amines is 1. The number of H-pyrrole nitrogens is 1. The van der Waals surface area contributed by atoms with E-state index in [1.165, 1.54) is 4.88 Å². The summed E-state index contributed by atoms with van der Waals surface area (Å²) in [5.41, 5.74) is 0.793. The summed E-state index contributed by atoms with van der Waals surface area (Å²) in [5, 5.41) is 14.7. The number of imidazole rings is 1. The quantitative estimate of drug-likeness (QED) is 0.235. The van der Waals surface area contributed by atoms with Gasteiger partial charge in [0.25, 0.3) is 5.56 Å². The van der Waals surface area contributed by atoms with Crippen LogP contribution in [0, 0.1) is 0 Å². The number of hydrogen-bond acceptors (Lipinski definition) is 8. The minimum Gasteiger partial charge on any atom is -0.339 e. The number of halogens is 1. The minimum absolute atomic E-state index is 0.219. The Morgan fingerprint density at radius 2 is 2.12 bits per heavy atom. The van der Waals surface area contributed by atoms with Crippen molar-refractivity contribution in [3.8, 4) is 0 Å². The Kier molecular flexibility index (Phi) is 5.87. The van der Waals surface area contributed by atoms with Crippen molar-refractivity contribution >= 4 is 44.2 Å². The average molecular weight is 517 g/mol. The maximum absolute atomic E-state index is 13.2. The average Bonchev–Trinajstić information content (AvgIpc) is 3.56. The summed E-state index contributed by atoms with van der Waals surface area (Å²) in [4.78, 5) is 26.3. The van der Waals surface area contributed by atoms with Crippen LogP contribution in [-0.4, -0.2) is 39.3 Å². The largest absolute Gasteiger partial charge is 0.339 e. The standard InChI is InChI=1S/C20H21BrN8O2S/c1-2-3-4-9-28-17-16(23-19(21)24-17)18(30)29-14(25-26-20(28)29)7-8-15-22-13(27-31-15)11-12-6-5-10-32-12/h5-6,10H,2-4,7-9,11H2,1H3,(H,23,24). The molecule has 0 bridgehead atoms. The van der Waals surface area contributed by atoms with Gasteiger partial charge in [0.1, 0.15) is 5.82 Å². The molecule has 10 nitrogen and oxygen atoms in total. The number of rotatable bonds is 9. The first kappa shape index (κ1) is 21.0. The Morgan fingerprint density at radius 3 is 2.94 bits per heavy atom. The van der Waals surface area contributed by atoms with Gasteiger partial charge in [0.05, 0.1) is 0 Å². The third-order valence-electron chi connectivity index (χ3n) is 5.25. The van der Waals surface area contributed by atoms with Crippen LogP contribution < -0.4 is 5.56 Å². The Balaban J connectivity index is 1.43. The van der Waals surface area contributed by atoms with Gasteiger partial charge in [0.2, 0.25) is 11.7 Å². The third-order valence-corrected chi connectivity index (χ3v) is 6.51. The molecular weight excluding hydrogens is 496 g/mol. The van der Waals surface area contributed by atoms with E-state index < -0.39 is 0 Å². The van der Waals surface area contributed by atoms with Gasteiger partial charge in [-0.3, -0.25) is 9.36 Å². The molecule has 12 heteroatoms. The number of hydrogen-bond donors (Lipinski definition) is 1. The van der Waals surface area contributed by atoms with E-state index in [4.69, 9.17) is 4.52 Å². The first-order chi connectivity index (χ1) is 15.6. The number of nitrogens with one attached hydrogen (secondary N) is 1. The number of aryl methyl sites for hydroxylation is 3. The summed E-state index contributed by atoms with van der Waals surface area (Å²) in [6.45, 7) is 2.86. The van der Waals surface area contributed by atoms with E-state index in [9.17, 15) is 4.79 Å². The van der Waals surface area contributed by atoms with Crippen LogP contribution in [0.15, 0.2) is 31.6 Å². The molecule has 0 spiro atoms. The lowest BCUT2D eigenvalue weighted by atomic mass is 10.2. The van der Waals surface area contributed by atoms with Gasteiger partial charge in [-0.25, -0.2) is 9.38 Å². The molecule has 0 atom stereocenters. The maximum atomic E-state index is 13.2. The van der Waals surface area contributed by atoms with Gasteiger partial charge in [-0.05, 0) is 33.8 Å². The van der Waals surface area contributed by atoms with Gasteiger partial charge in [0.15, 0.2) is 21.7 Å². The molecule has 5 aromatic rings. The molecule has 0 radical (unpaired) electrons. The first-order valence-electron chi connectivity index (χ1n) is 10.5. The molecule has 0 aliphatic rings.